The van der Waals surface area contributed by atoms with Crippen LogP contribution in [-0.4, -0.2) is 33.6 Å². The molecule has 0 unspecified atom stereocenters. The lowest BCUT2D eigenvalue weighted by atomic mass is 10.1. The second-order valence-electron chi connectivity index (χ2n) is 5.94. The van der Waals surface area contributed by atoms with Crippen LogP contribution in [0.1, 0.15) is 26.7 Å². The van der Waals surface area contributed by atoms with Gasteiger partial charge in [0.05, 0.1) is 30.1 Å². The summed E-state index contributed by atoms with van der Waals surface area (Å²) in [6, 6.07) is 8.56. The molecule has 0 saturated carbocycles. The summed E-state index contributed by atoms with van der Waals surface area (Å²) in [5.74, 6) is 0. The smallest absolute Gasteiger partial charge is 0.241 e. The third kappa shape index (κ3) is 4.03. The van der Waals surface area contributed by atoms with Crippen LogP contribution in [0.3, 0.4) is 0 Å². The Morgan fingerprint density at radius 1 is 1.16 bits per heavy atom. The Balaban J connectivity index is 2.06. The summed E-state index contributed by atoms with van der Waals surface area (Å²) >= 11 is 0. The number of hydrogen-bond donors (Lipinski definition) is 2. The Morgan fingerprint density at radius 3 is 2.32 bits per heavy atom. The highest BCUT2D eigenvalue weighted by Gasteiger charge is 2.31. The van der Waals surface area contributed by atoms with Gasteiger partial charge in [0.15, 0.2) is 0 Å². The molecule has 4 nitrogen and oxygen atoms in total. The SMILES string of the molecule is CC(C)(C[NH+]1CCCC1)NS(=O)(=O)c1ccccc1. The maximum absolute atomic E-state index is 12.3. The van der Waals surface area contributed by atoms with E-state index in [1.165, 1.54) is 17.7 Å². The molecule has 0 bridgehead atoms. The molecule has 0 aromatic heterocycles. The van der Waals surface area contributed by atoms with E-state index in [4.69, 9.17) is 0 Å². The number of rotatable bonds is 5. The van der Waals surface area contributed by atoms with Gasteiger partial charge in [-0.25, -0.2) is 8.42 Å². The first-order chi connectivity index (χ1) is 8.89. The Morgan fingerprint density at radius 2 is 1.74 bits per heavy atom. The minimum atomic E-state index is -3.42. The molecular formula is C14H23N2O2S+. The van der Waals surface area contributed by atoms with Crippen LogP contribution >= 0.6 is 0 Å². The first-order valence-electron chi connectivity index (χ1n) is 6.82. The zero-order valence-electron chi connectivity index (χ0n) is 11.6. The summed E-state index contributed by atoms with van der Waals surface area (Å²) in [7, 11) is -3.42. The van der Waals surface area contributed by atoms with E-state index in [9.17, 15) is 8.42 Å². The van der Waals surface area contributed by atoms with Crippen LogP contribution in [0.5, 0.6) is 0 Å². The second-order valence-corrected chi connectivity index (χ2v) is 7.62. The molecule has 0 aliphatic carbocycles. The van der Waals surface area contributed by atoms with Crippen molar-refractivity contribution >= 4 is 10.0 Å². The van der Waals surface area contributed by atoms with Gasteiger partial charge in [0, 0.05) is 12.8 Å². The van der Waals surface area contributed by atoms with Gasteiger partial charge in [0.1, 0.15) is 0 Å². The predicted molar refractivity (Wildman–Crippen MR) is 75.6 cm³/mol. The van der Waals surface area contributed by atoms with E-state index < -0.39 is 15.6 Å². The summed E-state index contributed by atoms with van der Waals surface area (Å²) in [4.78, 5) is 1.82. The maximum atomic E-state index is 12.3. The number of sulfonamides is 1. The van der Waals surface area contributed by atoms with Gasteiger partial charge >= 0.3 is 0 Å². The fourth-order valence-electron chi connectivity index (χ4n) is 2.74. The minimum absolute atomic E-state index is 0.333. The van der Waals surface area contributed by atoms with Crippen molar-refractivity contribution in [1.29, 1.82) is 0 Å². The van der Waals surface area contributed by atoms with E-state index in [0.29, 0.717) is 4.90 Å². The van der Waals surface area contributed by atoms with E-state index >= 15 is 0 Å². The Bertz CT molecular complexity index is 506. The van der Waals surface area contributed by atoms with Crippen molar-refractivity contribution in [1.82, 2.24) is 4.72 Å². The number of likely N-dealkylation sites (tertiary alicyclic amines) is 1. The van der Waals surface area contributed by atoms with Gasteiger partial charge in [0.25, 0.3) is 0 Å². The van der Waals surface area contributed by atoms with Gasteiger partial charge in [-0.05, 0) is 26.0 Å². The molecule has 106 valence electrons. The number of quaternary nitrogens is 1. The molecule has 2 rings (SSSR count). The van der Waals surface area contributed by atoms with Crippen LogP contribution in [0, 0.1) is 0 Å². The van der Waals surface area contributed by atoms with Crippen molar-refractivity contribution in [2.45, 2.75) is 37.1 Å². The highest BCUT2D eigenvalue weighted by atomic mass is 32.2. The normalized spacial score (nSPS) is 17.8. The Kier molecular flexibility index (Phi) is 4.28. The van der Waals surface area contributed by atoms with Crippen molar-refractivity contribution in [2.24, 2.45) is 0 Å². The lowest BCUT2D eigenvalue weighted by Crippen LogP contribution is -3.12. The van der Waals surface area contributed by atoms with Crippen molar-refractivity contribution in [3.63, 3.8) is 0 Å². The van der Waals surface area contributed by atoms with Gasteiger partial charge < -0.3 is 4.90 Å². The van der Waals surface area contributed by atoms with E-state index in [-0.39, 0.29) is 0 Å². The number of benzene rings is 1. The highest BCUT2D eigenvalue weighted by molar-refractivity contribution is 7.89. The van der Waals surface area contributed by atoms with Crippen LogP contribution in [0.2, 0.25) is 0 Å². The van der Waals surface area contributed by atoms with Crippen molar-refractivity contribution in [2.75, 3.05) is 19.6 Å². The lowest BCUT2D eigenvalue weighted by molar-refractivity contribution is -0.890. The summed E-state index contributed by atoms with van der Waals surface area (Å²) < 4.78 is 27.4. The van der Waals surface area contributed by atoms with Crippen molar-refractivity contribution < 1.29 is 13.3 Å². The first-order valence-corrected chi connectivity index (χ1v) is 8.30. The van der Waals surface area contributed by atoms with E-state index in [1.54, 1.807) is 24.3 Å². The molecule has 1 aliphatic heterocycles. The third-order valence-corrected chi connectivity index (χ3v) is 5.18. The Hall–Kier alpha value is -0.910. The molecule has 5 heteroatoms. The van der Waals surface area contributed by atoms with Crippen LogP contribution < -0.4 is 9.62 Å². The predicted octanol–water partition coefficient (Wildman–Crippen LogP) is 0.422. The maximum Gasteiger partial charge on any atom is 0.241 e. The first kappa shape index (κ1) is 14.5. The van der Waals surface area contributed by atoms with E-state index in [0.717, 1.165) is 19.6 Å². The topological polar surface area (TPSA) is 50.6 Å². The molecular weight excluding hydrogens is 260 g/mol. The van der Waals surface area contributed by atoms with Crippen molar-refractivity contribution in [3.05, 3.63) is 30.3 Å². The summed E-state index contributed by atoms with van der Waals surface area (Å²) in [6.45, 7) is 7.05. The summed E-state index contributed by atoms with van der Waals surface area (Å²) in [5, 5.41) is 0. The molecule has 2 N–H and O–H groups in total. The highest BCUT2D eigenvalue weighted by Crippen LogP contribution is 2.11. The van der Waals surface area contributed by atoms with E-state index in [2.05, 4.69) is 4.72 Å². The molecule has 0 atom stereocenters. The molecule has 1 aromatic rings. The largest absolute Gasteiger partial charge is 0.333 e. The Labute approximate surface area is 115 Å². The third-order valence-electron chi connectivity index (χ3n) is 3.47. The fourth-order valence-corrected chi connectivity index (χ4v) is 4.17. The quantitative estimate of drug-likeness (QED) is 0.823. The van der Waals surface area contributed by atoms with Crippen LogP contribution in [0.15, 0.2) is 35.2 Å². The van der Waals surface area contributed by atoms with Gasteiger partial charge in [-0.1, -0.05) is 18.2 Å². The monoisotopic (exact) mass is 283 g/mol. The van der Waals surface area contributed by atoms with Gasteiger partial charge in [-0.15, -0.1) is 0 Å². The lowest BCUT2D eigenvalue weighted by Gasteiger charge is -2.28. The summed E-state index contributed by atoms with van der Waals surface area (Å²) in [5.41, 5.74) is -0.422. The van der Waals surface area contributed by atoms with Gasteiger partial charge in [-0.3, -0.25) is 0 Å². The zero-order chi connectivity index (χ0) is 13.9. The molecule has 1 heterocycles. The zero-order valence-corrected chi connectivity index (χ0v) is 12.5. The molecule has 0 radical (unpaired) electrons. The molecule has 1 aliphatic rings. The standard InChI is InChI=1S/C14H22N2O2S/c1-14(2,12-16-10-6-7-11-16)15-19(17,18)13-8-4-3-5-9-13/h3-5,8-9,15H,6-7,10-12H2,1-2H3/p+1. The van der Waals surface area contributed by atoms with Gasteiger partial charge in [0.2, 0.25) is 10.0 Å². The average Bonchev–Trinajstić information content (AvgIpc) is 2.80. The van der Waals surface area contributed by atoms with Crippen LogP contribution in [0.25, 0.3) is 0 Å². The average molecular weight is 283 g/mol. The summed E-state index contributed by atoms with van der Waals surface area (Å²) in [6.07, 6.45) is 2.49. The van der Waals surface area contributed by atoms with Crippen LogP contribution in [-0.2, 0) is 10.0 Å². The molecule has 1 aromatic carbocycles. The minimum Gasteiger partial charge on any atom is -0.333 e. The van der Waals surface area contributed by atoms with Crippen LogP contribution in [0.4, 0.5) is 0 Å². The molecule has 1 saturated heterocycles. The second kappa shape index (κ2) is 5.61. The van der Waals surface area contributed by atoms with Gasteiger partial charge in [-0.2, -0.15) is 4.72 Å². The van der Waals surface area contributed by atoms with E-state index in [1.807, 2.05) is 19.9 Å². The number of hydrogen-bond acceptors (Lipinski definition) is 2. The fraction of sp³-hybridized carbons (Fsp3) is 0.571. The molecule has 0 amide bonds. The number of nitrogens with one attached hydrogen (secondary N) is 2. The van der Waals surface area contributed by atoms with Crippen molar-refractivity contribution in [3.8, 4) is 0 Å². The molecule has 0 spiro atoms. The molecule has 1 fully saturated rings. The molecule has 19 heavy (non-hydrogen) atoms.